The van der Waals surface area contributed by atoms with Crippen LogP contribution in [0.25, 0.3) is 0 Å². The third kappa shape index (κ3) is 4.78. The van der Waals surface area contributed by atoms with Crippen molar-refractivity contribution in [1.82, 2.24) is 10.2 Å². The van der Waals surface area contributed by atoms with E-state index in [1.807, 2.05) is 11.0 Å². The maximum atomic E-state index is 13.4. The highest BCUT2D eigenvalue weighted by Gasteiger charge is 2.60. The number of benzene rings is 1. The number of hydrogen-bond acceptors (Lipinski definition) is 2. The molecule has 1 saturated heterocycles. The molecule has 1 spiro atoms. The molecule has 2 amide bonds. The van der Waals surface area contributed by atoms with Crippen molar-refractivity contribution in [3.8, 4) is 0 Å². The number of halogens is 2. The molecule has 29 heavy (non-hydrogen) atoms. The first-order valence-electron chi connectivity index (χ1n) is 10.8. The second kappa shape index (κ2) is 8.04. The van der Waals surface area contributed by atoms with Crippen LogP contribution in [0.1, 0.15) is 50.5 Å². The van der Waals surface area contributed by atoms with Gasteiger partial charge in [-0.25, -0.2) is 8.78 Å². The van der Waals surface area contributed by atoms with Crippen LogP contribution >= 0.6 is 0 Å². The molecule has 3 fully saturated rings. The lowest BCUT2D eigenvalue weighted by Crippen LogP contribution is -2.45. The van der Waals surface area contributed by atoms with Gasteiger partial charge in [-0.3, -0.25) is 9.59 Å². The molecule has 6 heteroatoms. The molecule has 158 valence electrons. The summed E-state index contributed by atoms with van der Waals surface area (Å²) in [6.07, 6.45) is 4.29. The molecule has 2 saturated carbocycles. The van der Waals surface area contributed by atoms with Crippen LogP contribution in [-0.2, 0) is 16.0 Å². The monoisotopic (exact) mass is 404 g/mol. The van der Waals surface area contributed by atoms with Gasteiger partial charge in [-0.1, -0.05) is 30.3 Å². The van der Waals surface area contributed by atoms with Crippen LogP contribution in [0.4, 0.5) is 8.78 Å². The predicted molar refractivity (Wildman–Crippen MR) is 106 cm³/mol. The summed E-state index contributed by atoms with van der Waals surface area (Å²) < 4.78 is 26.7. The van der Waals surface area contributed by atoms with E-state index < -0.39 is 5.92 Å². The van der Waals surface area contributed by atoms with Gasteiger partial charge in [-0.05, 0) is 55.4 Å². The molecule has 1 heterocycles. The highest BCUT2D eigenvalue weighted by Crippen LogP contribution is 2.63. The smallest absolute Gasteiger partial charge is 0.248 e. The van der Waals surface area contributed by atoms with Crippen molar-refractivity contribution in [2.75, 3.05) is 19.6 Å². The second-order valence-corrected chi connectivity index (χ2v) is 9.21. The highest BCUT2D eigenvalue weighted by molar-refractivity contribution is 5.87. The van der Waals surface area contributed by atoms with Crippen molar-refractivity contribution in [3.05, 3.63) is 35.9 Å². The average Bonchev–Trinajstić information content (AvgIpc) is 3.44. The van der Waals surface area contributed by atoms with E-state index in [9.17, 15) is 18.4 Å². The minimum Gasteiger partial charge on any atom is -0.347 e. The molecule has 1 unspecified atom stereocenters. The molecular weight excluding hydrogens is 374 g/mol. The van der Waals surface area contributed by atoms with E-state index in [4.69, 9.17) is 0 Å². The van der Waals surface area contributed by atoms with Crippen molar-refractivity contribution in [2.45, 2.75) is 57.3 Å². The van der Waals surface area contributed by atoms with Gasteiger partial charge in [-0.2, -0.15) is 0 Å². The molecule has 4 nitrogen and oxygen atoms in total. The molecule has 1 N–H and O–H groups in total. The number of likely N-dealkylation sites (tertiary alicyclic amines) is 1. The Kier molecular flexibility index (Phi) is 5.63. The van der Waals surface area contributed by atoms with Gasteiger partial charge in [0.2, 0.25) is 17.7 Å². The molecule has 0 radical (unpaired) electrons. The van der Waals surface area contributed by atoms with E-state index >= 15 is 0 Å². The number of carbonyl (C=O) groups is 2. The molecule has 3 aliphatic rings. The summed E-state index contributed by atoms with van der Waals surface area (Å²) in [6.45, 7) is 1.48. The van der Waals surface area contributed by atoms with Gasteiger partial charge in [0.15, 0.2) is 0 Å². The van der Waals surface area contributed by atoms with Crippen LogP contribution in [0, 0.1) is 17.3 Å². The summed E-state index contributed by atoms with van der Waals surface area (Å²) in [5.74, 6) is -2.35. The number of carbonyl (C=O) groups excluding carboxylic acids is 2. The summed E-state index contributed by atoms with van der Waals surface area (Å²) in [6, 6.07) is 10.4. The van der Waals surface area contributed by atoms with E-state index in [2.05, 4.69) is 29.6 Å². The maximum absolute atomic E-state index is 13.4. The Hall–Kier alpha value is -1.98. The summed E-state index contributed by atoms with van der Waals surface area (Å²) in [5.41, 5.74) is 1.10. The van der Waals surface area contributed by atoms with Crippen LogP contribution in [0.5, 0.6) is 0 Å². The van der Waals surface area contributed by atoms with Crippen molar-refractivity contribution in [2.24, 2.45) is 17.3 Å². The first-order chi connectivity index (χ1) is 13.9. The lowest BCUT2D eigenvalue weighted by molar-refractivity contribution is -0.134. The zero-order valence-electron chi connectivity index (χ0n) is 16.8. The lowest BCUT2D eigenvalue weighted by atomic mass is 9.82. The zero-order valence-corrected chi connectivity index (χ0v) is 16.8. The van der Waals surface area contributed by atoms with Crippen LogP contribution < -0.4 is 5.32 Å². The first-order valence-corrected chi connectivity index (χ1v) is 10.8. The van der Waals surface area contributed by atoms with Gasteiger partial charge in [0, 0.05) is 31.8 Å². The van der Waals surface area contributed by atoms with E-state index in [1.165, 1.54) is 5.56 Å². The zero-order chi connectivity index (χ0) is 20.5. The number of nitrogens with one attached hydrogen (secondary N) is 1. The van der Waals surface area contributed by atoms with E-state index in [0.717, 1.165) is 32.4 Å². The molecule has 1 aromatic rings. The Morgan fingerprint density at radius 2 is 1.69 bits per heavy atom. The normalized spacial score (nSPS) is 25.6. The van der Waals surface area contributed by atoms with Crippen LogP contribution in [-0.4, -0.2) is 42.3 Å². The molecule has 1 aliphatic heterocycles. The van der Waals surface area contributed by atoms with E-state index in [-0.39, 0.29) is 42.5 Å². The number of alkyl halides is 2. The minimum absolute atomic E-state index is 0.0188. The fourth-order valence-corrected chi connectivity index (χ4v) is 5.12. The summed E-state index contributed by atoms with van der Waals surface area (Å²) >= 11 is 0. The number of piperidine rings is 1. The van der Waals surface area contributed by atoms with Gasteiger partial charge in [0.05, 0.1) is 6.54 Å². The standard InChI is InChI=1S/C23H30F2N2O2/c24-23(25)10-8-22(9-11-23)15-19(22)21(29)26-16-20(28)27-12-6-18(7-13-27)14-17-4-2-1-3-5-17/h1-5,18-19H,6-16H2,(H,26,29). The van der Waals surface area contributed by atoms with Crippen LogP contribution in [0.2, 0.25) is 0 Å². The van der Waals surface area contributed by atoms with Crippen LogP contribution in [0.3, 0.4) is 0 Å². The van der Waals surface area contributed by atoms with Gasteiger partial charge in [-0.15, -0.1) is 0 Å². The lowest BCUT2D eigenvalue weighted by Gasteiger charge is -2.32. The van der Waals surface area contributed by atoms with Crippen molar-refractivity contribution in [1.29, 1.82) is 0 Å². The minimum atomic E-state index is -2.57. The Bertz CT molecular complexity index is 735. The predicted octanol–water partition coefficient (Wildman–Crippen LogP) is 3.80. The van der Waals surface area contributed by atoms with E-state index in [0.29, 0.717) is 25.2 Å². The van der Waals surface area contributed by atoms with Crippen molar-refractivity contribution in [3.63, 3.8) is 0 Å². The quantitative estimate of drug-likeness (QED) is 0.812. The highest BCUT2D eigenvalue weighted by atomic mass is 19.3. The Morgan fingerprint density at radius 3 is 2.34 bits per heavy atom. The summed E-state index contributed by atoms with van der Waals surface area (Å²) in [5, 5.41) is 2.77. The maximum Gasteiger partial charge on any atom is 0.248 e. The summed E-state index contributed by atoms with van der Waals surface area (Å²) in [7, 11) is 0. The first kappa shape index (κ1) is 20.3. The van der Waals surface area contributed by atoms with Crippen LogP contribution in [0.15, 0.2) is 30.3 Å². The number of nitrogens with zero attached hydrogens (tertiary/aromatic N) is 1. The Balaban J connectivity index is 1.17. The van der Waals surface area contributed by atoms with Gasteiger partial charge < -0.3 is 10.2 Å². The second-order valence-electron chi connectivity index (χ2n) is 9.21. The summed E-state index contributed by atoms with van der Waals surface area (Å²) in [4.78, 5) is 26.7. The number of rotatable bonds is 5. The van der Waals surface area contributed by atoms with E-state index in [1.54, 1.807) is 0 Å². The SMILES string of the molecule is O=C(NCC(=O)N1CCC(Cc2ccccc2)CC1)C1CC12CCC(F)(F)CC2. The van der Waals surface area contributed by atoms with Crippen molar-refractivity contribution >= 4 is 11.8 Å². The molecule has 2 aliphatic carbocycles. The molecular formula is C23H30F2N2O2. The molecule has 4 rings (SSSR count). The largest absolute Gasteiger partial charge is 0.347 e. The van der Waals surface area contributed by atoms with Crippen molar-refractivity contribution < 1.29 is 18.4 Å². The average molecular weight is 405 g/mol. The Labute approximate surface area is 171 Å². The molecule has 0 aromatic heterocycles. The third-order valence-electron chi connectivity index (χ3n) is 7.23. The molecule has 1 aromatic carbocycles. The number of hydrogen-bond donors (Lipinski definition) is 1. The van der Waals surface area contributed by atoms with Gasteiger partial charge in [0.25, 0.3) is 0 Å². The van der Waals surface area contributed by atoms with Gasteiger partial charge >= 0.3 is 0 Å². The topological polar surface area (TPSA) is 49.4 Å². The fraction of sp³-hybridized carbons (Fsp3) is 0.652. The fourth-order valence-electron chi connectivity index (χ4n) is 5.12. The Morgan fingerprint density at radius 1 is 1.03 bits per heavy atom. The molecule has 1 atom stereocenters. The number of amides is 2. The molecule has 0 bridgehead atoms. The third-order valence-corrected chi connectivity index (χ3v) is 7.23. The van der Waals surface area contributed by atoms with Gasteiger partial charge in [0.1, 0.15) is 0 Å².